The molecule has 232 valence electrons. The maximum Gasteiger partial charge on any atom is 0.326 e. The summed E-state index contributed by atoms with van der Waals surface area (Å²) < 4.78 is 11.9. The van der Waals surface area contributed by atoms with E-state index in [9.17, 15) is 4.79 Å². The normalized spacial score (nSPS) is 21.2. The van der Waals surface area contributed by atoms with Gasteiger partial charge in [-0.1, -0.05) is 47.5 Å². The number of nitrogens with zero attached hydrogens (tertiary/aromatic N) is 4. The number of piperidine rings is 1. The van der Waals surface area contributed by atoms with Gasteiger partial charge in [0, 0.05) is 29.2 Å². The molecule has 0 spiro atoms. The summed E-state index contributed by atoms with van der Waals surface area (Å²) in [7, 11) is 1.64. The Labute approximate surface area is 270 Å². The van der Waals surface area contributed by atoms with Crippen LogP contribution in [0.3, 0.4) is 0 Å². The number of rotatable bonds is 7. The second-order valence-electron chi connectivity index (χ2n) is 12.1. The molecule has 0 unspecified atom stereocenters. The number of methoxy groups -OCH3 is 1. The molecule has 6 rings (SSSR count). The Morgan fingerprint density at radius 2 is 1.48 bits per heavy atom. The lowest BCUT2D eigenvalue weighted by Crippen LogP contribution is -2.52. The van der Waals surface area contributed by atoms with Crippen molar-refractivity contribution in [1.29, 1.82) is 0 Å². The van der Waals surface area contributed by atoms with Crippen LogP contribution in [-0.2, 0) is 0 Å². The molecule has 0 bridgehead atoms. The van der Waals surface area contributed by atoms with E-state index in [0.29, 0.717) is 52.1 Å². The van der Waals surface area contributed by atoms with E-state index >= 15 is 0 Å². The molecule has 3 aromatic rings. The maximum atomic E-state index is 14.8. The summed E-state index contributed by atoms with van der Waals surface area (Å²) in [5, 5.41) is 1.28. The summed E-state index contributed by atoms with van der Waals surface area (Å²) in [5.74, 6) is 1.87. The van der Waals surface area contributed by atoms with Crippen LogP contribution in [0.5, 0.6) is 11.5 Å². The van der Waals surface area contributed by atoms with Crippen LogP contribution in [0.1, 0.15) is 68.3 Å². The molecule has 0 aromatic heterocycles. The molecule has 44 heavy (non-hydrogen) atoms. The third-order valence-electron chi connectivity index (χ3n) is 8.88. The van der Waals surface area contributed by atoms with Gasteiger partial charge in [-0.3, -0.25) is 9.89 Å². The first kappa shape index (κ1) is 30.8. The van der Waals surface area contributed by atoms with E-state index in [-0.39, 0.29) is 18.2 Å². The summed E-state index contributed by atoms with van der Waals surface area (Å²) in [6.45, 7) is 7.72. The Balaban J connectivity index is 1.45. The Hall–Kier alpha value is -3.26. The van der Waals surface area contributed by atoms with Crippen LogP contribution in [0.15, 0.2) is 71.7 Å². The van der Waals surface area contributed by atoms with E-state index in [0.717, 1.165) is 37.1 Å². The van der Waals surface area contributed by atoms with Crippen molar-refractivity contribution in [3.8, 4) is 11.5 Å². The van der Waals surface area contributed by atoms with E-state index in [1.165, 1.54) is 12.8 Å². The molecule has 2 fully saturated rings. The number of amidine groups is 1. The van der Waals surface area contributed by atoms with Gasteiger partial charge >= 0.3 is 6.03 Å². The number of amides is 2. The Morgan fingerprint density at radius 1 is 0.864 bits per heavy atom. The number of urea groups is 1. The quantitative estimate of drug-likeness (QED) is 0.264. The summed E-state index contributed by atoms with van der Waals surface area (Å²) in [5.41, 5.74) is 2.63. The monoisotopic (exact) mass is 634 g/mol. The minimum Gasteiger partial charge on any atom is -0.497 e. The van der Waals surface area contributed by atoms with Crippen LogP contribution < -0.4 is 9.47 Å². The maximum absolute atomic E-state index is 14.8. The highest BCUT2D eigenvalue weighted by Gasteiger charge is 2.45. The molecule has 3 heterocycles. The SMILES string of the molecule is COc1ccc(OC(C)C)c(C2=N[C@@H](c3ccc(Cl)cc3)[C@@H](c3ccc(Cl)cc3)N2C(=O)N2CCC(N3CCCC3)CC2)c1. The van der Waals surface area contributed by atoms with Gasteiger partial charge in [-0.05, 0) is 106 Å². The van der Waals surface area contributed by atoms with Gasteiger partial charge in [-0.2, -0.15) is 0 Å². The van der Waals surface area contributed by atoms with E-state index < -0.39 is 6.04 Å². The van der Waals surface area contributed by atoms with Gasteiger partial charge in [0.1, 0.15) is 23.4 Å². The fraction of sp³-hybridized carbons (Fsp3) is 0.429. The minimum absolute atomic E-state index is 0.0571. The number of aliphatic imine (C=N–C) groups is 1. The van der Waals surface area contributed by atoms with Crippen molar-refractivity contribution in [3.63, 3.8) is 0 Å². The van der Waals surface area contributed by atoms with Crippen LogP contribution in [0, 0.1) is 0 Å². The molecule has 3 aliphatic rings. The zero-order chi connectivity index (χ0) is 30.8. The molecule has 3 aliphatic heterocycles. The van der Waals surface area contributed by atoms with Gasteiger partial charge < -0.3 is 19.3 Å². The molecular weight excluding hydrogens is 595 g/mol. The Morgan fingerprint density at radius 3 is 2.07 bits per heavy atom. The van der Waals surface area contributed by atoms with Gasteiger partial charge in [0.15, 0.2) is 0 Å². The highest BCUT2D eigenvalue weighted by Crippen LogP contribution is 2.46. The lowest BCUT2D eigenvalue weighted by molar-refractivity contribution is 0.117. The zero-order valence-electron chi connectivity index (χ0n) is 25.6. The topological polar surface area (TPSA) is 57.6 Å². The van der Waals surface area contributed by atoms with E-state index in [1.807, 2.05) is 90.4 Å². The number of halogens is 2. The number of carbonyl (C=O) groups excluding carboxylic acids is 1. The van der Waals surface area contributed by atoms with E-state index in [1.54, 1.807) is 7.11 Å². The van der Waals surface area contributed by atoms with Crippen molar-refractivity contribution in [3.05, 3.63) is 93.5 Å². The summed E-state index contributed by atoms with van der Waals surface area (Å²) in [6, 6.07) is 20.8. The number of likely N-dealkylation sites (tertiary alicyclic amines) is 2. The van der Waals surface area contributed by atoms with Crippen molar-refractivity contribution in [2.75, 3.05) is 33.3 Å². The van der Waals surface area contributed by atoms with Gasteiger partial charge in [-0.15, -0.1) is 0 Å². The largest absolute Gasteiger partial charge is 0.497 e. The molecule has 2 atom stereocenters. The van der Waals surface area contributed by atoms with Gasteiger partial charge in [0.05, 0.1) is 24.8 Å². The van der Waals surface area contributed by atoms with Gasteiger partial charge in [0.25, 0.3) is 0 Å². The number of benzene rings is 3. The van der Waals surface area contributed by atoms with Crippen molar-refractivity contribution < 1.29 is 14.3 Å². The van der Waals surface area contributed by atoms with Gasteiger partial charge in [0.2, 0.25) is 0 Å². The third-order valence-corrected chi connectivity index (χ3v) is 9.38. The van der Waals surface area contributed by atoms with Crippen LogP contribution >= 0.6 is 23.2 Å². The number of hydrogen-bond acceptors (Lipinski definition) is 5. The molecule has 2 amide bonds. The molecule has 0 radical (unpaired) electrons. The fourth-order valence-corrected chi connectivity index (χ4v) is 6.96. The molecule has 3 aromatic carbocycles. The summed E-state index contributed by atoms with van der Waals surface area (Å²) >= 11 is 12.6. The van der Waals surface area contributed by atoms with Crippen LogP contribution in [-0.4, -0.2) is 72.0 Å². The van der Waals surface area contributed by atoms with Crippen LogP contribution in [0.2, 0.25) is 10.0 Å². The van der Waals surface area contributed by atoms with E-state index in [2.05, 4.69) is 4.90 Å². The average Bonchev–Trinajstić information content (AvgIpc) is 3.71. The molecule has 0 saturated carbocycles. The first-order valence-corrected chi connectivity index (χ1v) is 16.3. The number of hydrogen-bond donors (Lipinski definition) is 0. The second-order valence-corrected chi connectivity index (χ2v) is 13.0. The van der Waals surface area contributed by atoms with Crippen molar-refractivity contribution in [1.82, 2.24) is 14.7 Å². The van der Waals surface area contributed by atoms with Crippen LogP contribution in [0.25, 0.3) is 0 Å². The Bertz CT molecular complexity index is 1480. The molecule has 7 nitrogen and oxygen atoms in total. The lowest BCUT2D eigenvalue weighted by Gasteiger charge is -2.40. The minimum atomic E-state index is -0.412. The number of carbonyl (C=O) groups is 1. The highest BCUT2D eigenvalue weighted by molar-refractivity contribution is 6.30. The van der Waals surface area contributed by atoms with E-state index in [4.69, 9.17) is 37.7 Å². The summed E-state index contributed by atoms with van der Waals surface area (Å²) in [4.78, 5) is 26.6. The average molecular weight is 636 g/mol. The second kappa shape index (κ2) is 13.4. The fourth-order valence-electron chi connectivity index (χ4n) is 6.70. The number of ether oxygens (including phenoxy) is 2. The third kappa shape index (κ3) is 6.42. The standard InChI is InChI=1S/C35H40Cl2N4O3/c1-23(2)44-31-15-14-29(43-3)22-30(31)34-38-32(24-6-10-26(36)11-7-24)33(25-8-12-27(37)13-9-25)41(34)35(42)40-20-16-28(17-21-40)39-18-4-5-19-39/h6-15,22-23,28,32-33H,4-5,16-21H2,1-3H3/t32-,33+/m0/s1. The predicted octanol–water partition coefficient (Wildman–Crippen LogP) is 8.01. The first-order chi connectivity index (χ1) is 21.3. The molecule has 2 saturated heterocycles. The smallest absolute Gasteiger partial charge is 0.326 e. The van der Waals surface area contributed by atoms with Crippen LogP contribution in [0.4, 0.5) is 4.79 Å². The van der Waals surface area contributed by atoms with Gasteiger partial charge in [-0.25, -0.2) is 4.79 Å². The summed E-state index contributed by atoms with van der Waals surface area (Å²) in [6.07, 6.45) is 4.40. The van der Waals surface area contributed by atoms with Crippen molar-refractivity contribution in [2.45, 2.75) is 63.8 Å². The lowest BCUT2D eigenvalue weighted by atomic mass is 9.93. The Kier molecular flexibility index (Phi) is 9.36. The highest BCUT2D eigenvalue weighted by atomic mass is 35.5. The molecular formula is C35H40Cl2N4O3. The predicted molar refractivity (Wildman–Crippen MR) is 176 cm³/mol. The molecule has 0 N–H and O–H groups in total. The first-order valence-electron chi connectivity index (χ1n) is 15.6. The van der Waals surface area contributed by atoms with Crippen molar-refractivity contribution >= 4 is 35.1 Å². The molecule has 0 aliphatic carbocycles. The van der Waals surface area contributed by atoms with Crippen molar-refractivity contribution in [2.24, 2.45) is 4.99 Å². The molecule has 9 heteroatoms. The zero-order valence-corrected chi connectivity index (χ0v) is 27.1.